The maximum absolute atomic E-state index is 12.2. The number of hydrogen-bond acceptors (Lipinski definition) is 6. The molecule has 1 aliphatic heterocycles. The van der Waals surface area contributed by atoms with Crippen LogP contribution in [-0.2, 0) is 9.53 Å². The van der Waals surface area contributed by atoms with Crippen LogP contribution in [0.4, 0.5) is 0 Å². The first-order valence-electron chi connectivity index (χ1n) is 9.01. The van der Waals surface area contributed by atoms with Gasteiger partial charge in [-0.3, -0.25) is 4.79 Å². The molecule has 27 heavy (non-hydrogen) atoms. The highest BCUT2D eigenvalue weighted by Crippen LogP contribution is 2.31. The van der Waals surface area contributed by atoms with E-state index in [9.17, 15) is 9.59 Å². The smallest absolute Gasteiger partial charge is 0.374 e. The Hall–Kier alpha value is -2.67. The number of carbonyl (C=O) groups is 2. The molecule has 0 radical (unpaired) electrons. The molecular weight excluding hydrogens is 364 g/mol. The van der Waals surface area contributed by atoms with Crippen molar-refractivity contribution in [3.63, 3.8) is 0 Å². The number of para-hydroxylation sites is 1. The van der Waals surface area contributed by atoms with Gasteiger partial charge in [0.2, 0.25) is 5.76 Å². The first-order chi connectivity index (χ1) is 13.1. The lowest BCUT2D eigenvalue weighted by Gasteiger charge is -2.30. The summed E-state index contributed by atoms with van der Waals surface area (Å²) in [7, 11) is 0. The van der Waals surface area contributed by atoms with Gasteiger partial charge >= 0.3 is 5.97 Å². The summed E-state index contributed by atoms with van der Waals surface area (Å²) in [5.74, 6) is 0.275. The third-order valence-electron chi connectivity index (χ3n) is 4.65. The zero-order chi connectivity index (χ0) is 18.8. The third kappa shape index (κ3) is 3.88. The molecule has 0 N–H and O–H groups in total. The van der Waals surface area contributed by atoms with Gasteiger partial charge in [0.15, 0.2) is 17.4 Å². The highest BCUT2D eigenvalue weighted by molar-refractivity contribution is 7.21. The van der Waals surface area contributed by atoms with Gasteiger partial charge in [-0.2, -0.15) is 0 Å². The second-order valence-corrected chi connectivity index (χ2v) is 7.84. The highest BCUT2D eigenvalue weighted by Gasteiger charge is 2.23. The molecule has 0 bridgehead atoms. The first kappa shape index (κ1) is 17.7. The number of nitrogens with zero attached hydrogens (tertiary/aromatic N) is 2. The van der Waals surface area contributed by atoms with Crippen molar-refractivity contribution in [3.8, 4) is 10.8 Å². The Labute approximate surface area is 160 Å². The van der Waals surface area contributed by atoms with E-state index in [0.717, 1.165) is 36.1 Å². The molecule has 2 aromatic heterocycles. The summed E-state index contributed by atoms with van der Waals surface area (Å²) in [6, 6.07) is 11.0. The molecule has 1 atom stereocenters. The van der Waals surface area contributed by atoms with Gasteiger partial charge in [0.1, 0.15) is 0 Å². The van der Waals surface area contributed by atoms with Crippen molar-refractivity contribution in [1.82, 2.24) is 9.88 Å². The third-order valence-corrected chi connectivity index (χ3v) is 5.70. The van der Waals surface area contributed by atoms with Crippen LogP contribution < -0.4 is 0 Å². The van der Waals surface area contributed by atoms with Crippen molar-refractivity contribution in [1.29, 1.82) is 0 Å². The number of carbonyl (C=O) groups excluding carboxylic acids is 2. The SMILES string of the molecule is C[C@@H]1CCCN(C(=O)COC(=O)c2ccc(-c3nc4ccccc4s3)o2)C1. The summed E-state index contributed by atoms with van der Waals surface area (Å²) >= 11 is 1.49. The number of fused-ring (bicyclic) bond motifs is 1. The Balaban J connectivity index is 1.39. The molecule has 1 aliphatic rings. The molecule has 1 fully saturated rings. The number of furan rings is 1. The summed E-state index contributed by atoms with van der Waals surface area (Å²) in [6.45, 7) is 3.31. The van der Waals surface area contributed by atoms with Gasteiger partial charge in [0.25, 0.3) is 5.91 Å². The van der Waals surface area contributed by atoms with E-state index >= 15 is 0 Å². The maximum Gasteiger partial charge on any atom is 0.374 e. The van der Waals surface area contributed by atoms with Crippen LogP contribution in [-0.4, -0.2) is 41.5 Å². The zero-order valence-corrected chi connectivity index (χ0v) is 15.8. The summed E-state index contributed by atoms with van der Waals surface area (Å²) < 4.78 is 11.8. The minimum absolute atomic E-state index is 0.0732. The van der Waals surface area contributed by atoms with Gasteiger partial charge < -0.3 is 14.1 Å². The standard InChI is InChI=1S/C20H20N2O4S/c1-13-5-4-10-22(11-13)18(23)12-25-20(24)16-9-8-15(26-16)19-21-14-6-2-3-7-17(14)27-19/h2-3,6-9,13H,4-5,10-12H2,1H3/t13-/m1/s1. The van der Waals surface area contributed by atoms with E-state index in [2.05, 4.69) is 11.9 Å². The monoisotopic (exact) mass is 384 g/mol. The fourth-order valence-electron chi connectivity index (χ4n) is 3.25. The van der Waals surface area contributed by atoms with E-state index in [4.69, 9.17) is 9.15 Å². The topological polar surface area (TPSA) is 72.6 Å². The first-order valence-corrected chi connectivity index (χ1v) is 9.82. The summed E-state index contributed by atoms with van der Waals surface area (Å²) in [4.78, 5) is 30.7. The van der Waals surface area contributed by atoms with E-state index in [0.29, 0.717) is 16.7 Å². The molecule has 0 spiro atoms. The molecular formula is C20H20N2O4S. The minimum atomic E-state index is -0.638. The van der Waals surface area contributed by atoms with Crippen molar-refractivity contribution < 1.29 is 18.7 Å². The number of likely N-dealkylation sites (tertiary alicyclic amines) is 1. The number of benzene rings is 1. The van der Waals surface area contributed by atoms with Crippen LogP contribution in [0, 0.1) is 5.92 Å². The maximum atomic E-state index is 12.2. The molecule has 6 nitrogen and oxygen atoms in total. The van der Waals surface area contributed by atoms with Gasteiger partial charge in [-0.25, -0.2) is 9.78 Å². The van der Waals surface area contributed by atoms with Crippen molar-refractivity contribution in [2.75, 3.05) is 19.7 Å². The van der Waals surface area contributed by atoms with Crippen LogP contribution >= 0.6 is 11.3 Å². The molecule has 7 heteroatoms. The second kappa shape index (κ2) is 7.52. The van der Waals surface area contributed by atoms with E-state index in [1.165, 1.54) is 11.3 Å². The summed E-state index contributed by atoms with van der Waals surface area (Å²) in [5.41, 5.74) is 0.888. The van der Waals surface area contributed by atoms with Crippen molar-refractivity contribution in [2.24, 2.45) is 5.92 Å². The van der Waals surface area contributed by atoms with Crippen LogP contribution in [0.3, 0.4) is 0 Å². The molecule has 3 heterocycles. The van der Waals surface area contributed by atoms with Gasteiger partial charge in [-0.1, -0.05) is 19.1 Å². The van der Waals surface area contributed by atoms with Crippen LogP contribution in [0.2, 0.25) is 0 Å². The number of hydrogen-bond donors (Lipinski definition) is 0. The molecule has 1 saturated heterocycles. The van der Waals surface area contributed by atoms with Crippen LogP contribution in [0.25, 0.3) is 21.0 Å². The number of piperidine rings is 1. The minimum Gasteiger partial charge on any atom is -0.450 e. The largest absolute Gasteiger partial charge is 0.450 e. The molecule has 3 aromatic rings. The zero-order valence-electron chi connectivity index (χ0n) is 15.0. The highest BCUT2D eigenvalue weighted by atomic mass is 32.1. The Morgan fingerprint density at radius 3 is 2.96 bits per heavy atom. The Bertz CT molecular complexity index is 944. The fourth-order valence-corrected chi connectivity index (χ4v) is 4.17. The van der Waals surface area contributed by atoms with Gasteiger partial charge in [0, 0.05) is 13.1 Å². The Kier molecular flexibility index (Phi) is 4.94. The number of thiazole rings is 1. The molecule has 1 amide bonds. The molecule has 140 valence electrons. The average Bonchev–Trinajstić information content (AvgIpc) is 3.32. The van der Waals surface area contributed by atoms with Gasteiger partial charge in [-0.15, -0.1) is 11.3 Å². The second-order valence-electron chi connectivity index (χ2n) is 6.81. The van der Waals surface area contributed by atoms with Crippen molar-refractivity contribution in [2.45, 2.75) is 19.8 Å². The predicted molar refractivity (Wildman–Crippen MR) is 103 cm³/mol. The molecule has 0 unspecified atom stereocenters. The van der Waals surface area contributed by atoms with E-state index in [1.807, 2.05) is 24.3 Å². The summed E-state index contributed by atoms with van der Waals surface area (Å²) in [6.07, 6.45) is 2.12. The van der Waals surface area contributed by atoms with Gasteiger partial charge in [0.05, 0.1) is 10.2 Å². The lowest BCUT2D eigenvalue weighted by molar-refractivity contribution is -0.136. The molecule has 0 aliphatic carbocycles. The number of rotatable bonds is 4. The normalized spacial score (nSPS) is 17.2. The quantitative estimate of drug-likeness (QED) is 0.637. The van der Waals surface area contributed by atoms with E-state index in [-0.39, 0.29) is 18.3 Å². The molecule has 1 aromatic carbocycles. The lowest BCUT2D eigenvalue weighted by Crippen LogP contribution is -2.41. The van der Waals surface area contributed by atoms with Crippen molar-refractivity contribution in [3.05, 3.63) is 42.2 Å². The van der Waals surface area contributed by atoms with Crippen LogP contribution in [0.15, 0.2) is 40.8 Å². The van der Waals surface area contributed by atoms with Crippen LogP contribution in [0.1, 0.15) is 30.3 Å². The molecule has 4 rings (SSSR count). The number of ether oxygens (including phenoxy) is 1. The van der Waals surface area contributed by atoms with Crippen LogP contribution in [0.5, 0.6) is 0 Å². The van der Waals surface area contributed by atoms with E-state index < -0.39 is 5.97 Å². The molecule has 0 saturated carbocycles. The number of amides is 1. The average molecular weight is 384 g/mol. The van der Waals surface area contributed by atoms with E-state index in [1.54, 1.807) is 17.0 Å². The predicted octanol–water partition coefficient (Wildman–Crippen LogP) is 3.97. The van der Waals surface area contributed by atoms with Crippen molar-refractivity contribution >= 4 is 33.4 Å². The fraction of sp³-hybridized carbons (Fsp3) is 0.350. The Morgan fingerprint density at radius 2 is 2.15 bits per heavy atom. The number of aromatic nitrogens is 1. The lowest BCUT2D eigenvalue weighted by atomic mass is 10.0. The van der Waals surface area contributed by atoms with Gasteiger partial charge in [-0.05, 0) is 43.0 Å². The number of esters is 1. The summed E-state index contributed by atoms with van der Waals surface area (Å²) in [5, 5.41) is 0.702. The Morgan fingerprint density at radius 1 is 1.30 bits per heavy atom.